The predicted octanol–water partition coefficient (Wildman–Crippen LogP) is 4.45. The van der Waals surface area contributed by atoms with Crippen molar-refractivity contribution in [2.75, 3.05) is 5.75 Å². The SMILES string of the molecule is CC(=O)SCCC#Cc1ccc2c(ccn2C(=O)OC(C)(C)C)c1. The predicted molar refractivity (Wildman–Crippen MR) is 98.2 cm³/mol. The van der Waals surface area contributed by atoms with E-state index in [4.69, 9.17) is 4.74 Å². The molecule has 2 rings (SSSR count). The second kappa shape index (κ2) is 7.59. The number of carbonyl (C=O) groups excluding carboxylic acids is 2. The maximum Gasteiger partial charge on any atom is 0.418 e. The van der Waals surface area contributed by atoms with Crippen LogP contribution in [-0.2, 0) is 9.53 Å². The summed E-state index contributed by atoms with van der Waals surface area (Å²) in [5.74, 6) is 6.86. The van der Waals surface area contributed by atoms with Crippen molar-refractivity contribution in [2.45, 2.75) is 39.7 Å². The Morgan fingerprint density at radius 2 is 2.00 bits per heavy atom. The summed E-state index contributed by atoms with van der Waals surface area (Å²) in [6.45, 7) is 7.08. The summed E-state index contributed by atoms with van der Waals surface area (Å²) in [6, 6.07) is 7.57. The van der Waals surface area contributed by atoms with Crippen molar-refractivity contribution in [3.8, 4) is 11.8 Å². The van der Waals surface area contributed by atoms with Gasteiger partial charge in [-0.1, -0.05) is 23.6 Å². The first-order valence-corrected chi connectivity index (χ1v) is 8.71. The molecule has 0 fully saturated rings. The van der Waals surface area contributed by atoms with Crippen LogP contribution >= 0.6 is 11.8 Å². The Bertz CT molecular complexity index is 818. The fraction of sp³-hybridized carbons (Fsp3) is 0.368. The Kier molecular flexibility index (Phi) is 5.74. The van der Waals surface area contributed by atoms with Gasteiger partial charge in [0, 0.05) is 36.2 Å². The fourth-order valence-corrected chi connectivity index (χ4v) is 2.59. The normalized spacial score (nSPS) is 11.0. The van der Waals surface area contributed by atoms with E-state index in [-0.39, 0.29) is 5.12 Å². The molecule has 0 unspecified atom stereocenters. The third kappa shape index (κ3) is 5.17. The molecule has 0 atom stereocenters. The standard InChI is InChI=1S/C19H21NO3S/c1-14(21)24-12-6-5-7-15-8-9-17-16(13-15)10-11-20(17)18(22)23-19(2,3)4/h8-11,13H,6,12H2,1-4H3. The summed E-state index contributed by atoms with van der Waals surface area (Å²) in [7, 11) is 0. The van der Waals surface area contributed by atoms with Crippen molar-refractivity contribution in [1.82, 2.24) is 4.57 Å². The van der Waals surface area contributed by atoms with Crippen LogP contribution in [0, 0.1) is 11.8 Å². The maximum absolute atomic E-state index is 12.2. The molecule has 5 heteroatoms. The third-order valence-electron chi connectivity index (χ3n) is 3.05. The molecule has 24 heavy (non-hydrogen) atoms. The van der Waals surface area contributed by atoms with Crippen LogP contribution in [0.25, 0.3) is 10.9 Å². The number of hydrogen-bond acceptors (Lipinski definition) is 4. The zero-order valence-corrected chi connectivity index (χ0v) is 15.2. The number of ether oxygens (including phenoxy) is 1. The van der Waals surface area contributed by atoms with Gasteiger partial charge in [-0.2, -0.15) is 0 Å². The van der Waals surface area contributed by atoms with E-state index >= 15 is 0 Å². The minimum absolute atomic E-state index is 0.113. The van der Waals surface area contributed by atoms with Crippen molar-refractivity contribution in [3.05, 3.63) is 36.0 Å². The number of aromatic nitrogens is 1. The quantitative estimate of drug-likeness (QED) is 0.597. The Hall–Kier alpha value is -2.19. The largest absolute Gasteiger partial charge is 0.443 e. The first kappa shape index (κ1) is 18.2. The average molecular weight is 343 g/mol. The van der Waals surface area contributed by atoms with Crippen molar-refractivity contribution >= 4 is 33.9 Å². The van der Waals surface area contributed by atoms with E-state index in [0.29, 0.717) is 12.2 Å². The monoisotopic (exact) mass is 343 g/mol. The lowest BCUT2D eigenvalue weighted by Crippen LogP contribution is -2.26. The van der Waals surface area contributed by atoms with Crippen LogP contribution < -0.4 is 0 Å². The Morgan fingerprint density at radius 3 is 2.67 bits per heavy atom. The smallest absolute Gasteiger partial charge is 0.418 e. The number of carbonyl (C=O) groups is 2. The van der Waals surface area contributed by atoms with Crippen LogP contribution in [-0.4, -0.2) is 27.1 Å². The Labute approximate surface area is 146 Å². The van der Waals surface area contributed by atoms with Crippen molar-refractivity contribution < 1.29 is 14.3 Å². The molecule has 0 radical (unpaired) electrons. The van der Waals surface area contributed by atoms with Gasteiger partial charge in [-0.05, 0) is 45.0 Å². The van der Waals surface area contributed by atoms with E-state index in [1.807, 2.05) is 45.0 Å². The molecule has 1 heterocycles. The van der Waals surface area contributed by atoms with Gasteiger partial charge in [-0.25, -0.2) is 4.79 Å². The summed E-state index contributed by atoms with van der Waals surface area (Å²) in [4.78, 5) is 23.0. The molecule has 0 aliphatic heterocycles. The third-order valence-corrected chi connectivity index (χ3v) is 3.86. The fourth-order valence-electron chi connectivity index (χ4n) is 2.10. The van der Waals surface area contributed by atoms with Crippen molar-refractivity contribution in [3.63, 3.8) is 0 Å². The molecule has 0 bridgehead atoms. The molecule has 0 saturated heterocycles. The minimum atomic E-state index is -0.531. The molecule has 4 nitrogen and oxygen atoms in total. The number of benzene rings is 1. The van der Waals surface area contributed by atoms with Gasteiger partial charge in [0.1, 0.15) is 5.60 Å². The summed E-state index contributed by atoms with van der Waals surface area (Å²) >= 11 is 1.28. The van der Waals surface area contributed by atoms with Gasteiger partial charge < -0.3 is 4.74 Å². The van der Waals surface area contributed by atoms with Crippen molar-refractivity contribution in [2.24, 2.45) is 0 Å². The lowest BCUT2D eigenvalue weighted by Gasteiger charge is -2.19. The molecule has 0 amide bonds. The van der Waals surface area contributed by atoms with Gasteiger partial charge >= 0.3 is 6.09 Å². The van der Waals surface area contributed by atoms with E-state index in [0.717, 1.165) is 16.5 Å². The van der Waals surface area contributed by atoms with Crippen LogP contribution in [0.1, 0.15) is 39.7 Å². The molecule has 0 aliphatic rings. The Morgan fingerprint density at radius 1 is 1.25 bits per heavy atom. The minimum Gasteiger partial charge on any atom is -0.443 e. The van der Waals surface area contributed by atoms with E-state index < -0.39 is 11.7 Å². The summed E-state index contributed by atoms with van der Waals surface area (Å²) in [5, 5.41) is 1.05. The molecule has 1 aromatic carbocycles. The topological polar surface area (TPSA) is 48.3 Å². The van der Waals surface area contributed by atoms with Gasteiger partial charge in [0.15, 0.2) is 5.12 Å². The van der Waals surface area contributed by atoms with Gasteiger partial charge in [0.05, 0.1) is 5.52 Å². The average Bonchev–Trinajstić information content (AvgIpc) is 2.88. The second-order valence-electron chi connectivity index (χ2n) is 6.33. The molecular weight excluding hydrogens is 322 g/mol. The number of hydrogen-bond donors (Lipinski definition) is 0. The van der Waals surface area contributed by atoms with Crippen LogP contribution in [0.3, 0.4) is 0 Å². The van der Waals surface area contributed by atoms with Gasteiger partial charge in [0.25, 0.3) is 0 Å². The van der Waals surface area contributed by atoms with E-state index in [1.165, 1.54) is 16.3 Å². The highest BCUT2D eigenvalue weighted by atomic mass is 32.2. The Balaban J connectivity index is 2.12. The van der Waals surface area contributed by atoms with Crippen LogP contribution in [0.2, 0.25) is 0 Å². The molecule has 0 spiro atoms. The first-order valence-electron chi connectivity index (χ1n) is 7.73. The number of thioether (sulfide) groups is 1. The van der Waals surface area contributed by atoms with E-state index in [9.17, 15) is 9.59 Å². The van der Waals surface area contributed by atoms with Gasteiger partial charge in [-0.15, -0.1) is 0 Å². The van der Waals surface area contributed by atoms with Gasteiger partial charge in [-0.3, -0.25) is 9.36 Å². The number of fused-ring (bicyclic) bond motifs is 1. The number of rotatable bonds is 2. The van der Waals surface area contributed by atoms with E-state index in [2.05, 4.69) is 11.8 Å². The zero-order valence-electron chi connectivity index (χ0n) is 14.4. The van der Waals surface area contributed by atoms with Crippen molar-refractivity contribution in [1.29, 1.82) is 0 Å². The highest BCUT2D eigenvalue weighted by Crippen LogP contribution is 2.19. The molecule has 0 N–H and O–H groups in total. The zero-order chi connectivity index (χ0) is 17.7. The highest BCUT2D eigenvalue weighted by molar-refractivity contribution is 8.13. The molecule has 0 aliphatic carbocycles. The van der Waals surface area contributed by atoms with Crippen LogP contribution in [0.5, 0.6) is 0 Å². The first-order chi connectivity index (χ1) is 11.3. The second-order valence-corrected chi connectivity index (χ2v) is 7.60. The summed E-state index contributed by atoms with van der Waals surface area (Å²) < 4.78 is 6.90. The lowest BCUT2D eigenvalue weighted by atomic mass is 10.1. The molecule has 1 aromatic heterocycles. The highest BCUT2D eigenvalue weighted by Gasteiger charge is 2.18. The summed E-state index contributed by atoms with van der Waals surface area (Å²) in [5.41, 5.74) is 1.15. The summed E-state index contributed by atoms with van der Waals surface area (Å²) in [6.07, 6.45) is 1.98. The van der Waals surface area contributed by atoms with Gasteiger partial charge in [0.2, 0.25) is 0 Å². The molecule has 0 saturated carbocycles. The number of nitrogens with zero attached hydrogens (tertiary/aromatic N) is 1. The molecule has 2 aromatic rings. The van der Waals surface area contributed by atoms with Crippen LogP contribution in [0.4, 0.5) is 4.79 Å². The van der Waals surface area contributed by atoms with Crippen LogP contribution in [0.15, 0.2) is 30.5 Å². The molecular formula is C19H21NO3S. The maximum atomic E-state index is 12.2. The van der Waals surface area contributed by atoms with E-state index in [1.54, 1.807) is 13.1 Å². The molecule has 126 valence electrons. The lowest BCUT2D eigenvalue weighted by molar-refractivity contribution is -0.109.